The van der Waals surface area contributed by atoms with Crippen molar-refractivity contribution in [3.05, 3.63) is 64.2 Å². The molecule has 0 bridgehead atoms. The minimum absolute atomic E-state index is 0.0358. The summed E-state index contributed by atoms with van der Waals surface area (Å²) in [4.78, 5) is 22.9. The van der Waals surface area contributed by atoms with Crippen molar-refractivity contribution in [3.63, 3.8) is 0 Å². The number of nitro benzene ring substituents is 1. The maximum atomic E-state index is 12.3. The Morgan fingerprint density at radius 3 is 2.62 bits per heavy atom. The van der Waals surface area contributed by atoms with Crippen molar-refractivity contribution in [3.8, 4) is 11.5 Å². The molecule has 26 heavy (non-hydrogen) atoms. The summed E-state index contributed by atoms with van der Waals surface area (Å²) in [7, 11) is 1.43. The van der Waals surface area contributed by atoms with Gasteiger partial charge in [0.05, 0.1) is 24.1 Å². The lowest BCUT2D eigenvalue weighted by Crippen LogP contribution is -2.33. The second-order valence-corrected chi connectivity index (χ2v) is 6.17. The Kier molecular flexibility index (Phi) is 5.36. The van der Waals surface area contributed by atoms with E-state index in [1.165, 1.54) is 19.2 Å². The maximum Gasteiger partial charge on any atom is 0.314 e. The van der Waals surface area contributed by atoms with Crippen molar-refractivity contribution in [2.75, 3.05) is 13.7 Å². The summed E-state index contributed by atoms with van der Waals surface area (Å²) in [6.07, 6.45) is 2.15. The quantitative estimate of drug-likeness (QED) is 0.579. The van der Waals surface area contributed by atoms with Gasteiger partial charge in [0.2, 0.25) is 0 Å². The third-order valence-corrected chi connectivity index (χ3v) is 4.29. The van der Waals surface area contributed by atoms with Crippen molar-refractivity contribution >= 4 is 11.6 Å². The molecule has 2 aromatic carbocycles. The minimum atomic E-state index is -0.563. The van der Waals surface area contributed by atoms with Gasteiger partial charge in [-0.15, -0.1) is 0 Å². The molecule has 0 heterocycles. The number of rotatable bonds is 8. The van der Waals surface area contributed by atoms with E-state index >= 15 is 0 Å². The predicted octanol–water partition coefficient (Wildman–Crippen LogP) is 3.25. The molecule has 1 N–H and O–H groups in total. The first-order valence-corrected chi connectivity index (χ1v) is 8.38. The van der Waals surface area contributed by atoms with Gasteiger partial charge < -0.3 is 14.8 Å². The van der Waals surface area contributed by atoms with Crippen LogP contribution in [0.1, 0.15) is 24.4 Å². The summed E-state index contributed by atoms with van der Waals surface area (Å²) in [5.41, 5.74) is 0.817. The van der Waals surface area contributed by atoms with Gasteiger partial charge in [-0.2, -0.15) is 0 Å². The van der Waals surface area contributed by atoms with Crippen LogP contribution in [-0.2, 0) is 4.79 Å². The van der Waals surface area contributed by atoms with E-state index < -0.39 is 4.92 Å². The van der Waals surface area contributed by atoms with Crippen molar-refractivity contribution in [1.29, 1.82) is 0 Å². The molecule has 0 spiro atoms. The molecule has 1 fully saturated rings. The second kappa shape index (κ2) is 7.86. The Morgan fingerprint density at radius 2 is 2.00 bits per heavy atom. The molecule has 7 heteroatoms. The molecule has 1 unspecified atom stereocenters. The molecule has 1 aliphatic rings. The van der Waals surface area contributed by atoms with E-state index in [0.29, 0.717) is 11.7 Å². The highest BCUT2D eigenvalue weighted by Crippen LogP contribution is 2.41. The van der Waals surface area contributed by atoms with Crippen LogP contribution in [0.3, 0.4) is 0 Å². The van der Waals surface area contributed by atoms with E-state index in [0.717, 1.165) is 18.4 Å². The fourth-order valence-electron chi connectivity index (χ4n) is 2.81. The third kappa shape index (κ3) is 4.30. The van der Waals surface area contributed by atoms with Crippen molar-refractivity contribution in [2.45, 2.75) is 18.9 Å². The lowest BCUT2D eigenvalue weighted by Gasteiger charge is -2.19. The lowest BCUT2D eigenvalue weighted by molar-refractivity contribution is -0.385. The topological polar surface area (TPSA) is 90.7 Å². The van der Waals surface area contributed by atoms with Gasteiger partial charge in [0, 0.05) is 0 Å². The molecule has 0 saturated heterocycles. The van der Waals surface area contributed by atoms with Crippen molar-refractivity contribution in [1.82, 2.24) is 5.32 Å². The number of methoxy groups -OCH3 is 1. The second-order valence-electron chi connectivity index (χ2n) is 6.17. The zero-order valence-electron chi connectivity index (χ0n) is 14.4. The first kappa shape index (κ1) is 17.7. The van der Waals surface area contributed by atoms with Crippen LogP contribution >= 0.6 is 0 Å². The Labute approximate surface area is 151 Å². The average Bonchev–Trinajstić information content (AvgIpc) is 3.50. The van der Waals surface area contributed by atoms with Crippen LogP contribution in [0.5, 0.6) is 11.5 Å². The molecule has 0 aliphatic heterocycles. The number of hydrogen-bond donors (Lipinski definition) is 1. The van der Waals surface area contributed by atoms with Gasteiger partial charge in [-0.25, -0.2) is 0 Å². The zero-order chi connectivity index (χ0) is 18.5. The summed E-state index contributed by atoms with van der Waals surface area (Å²) in [5, 5.41) is 14.1. The smallest absolute Gasteiger partial charge is 0.314 e. The summed E-state index contributed by atoms with van der Waals surface area (Å²) >= 11 is 0. The first-order chi connectivity index (χ1) is 12.6. The molecule has 0 radical (unpaired) electrons. The van der Waals surface area contributed by atoms with Gasteiger partial charge in [-0.3, -0.25) is 14.9 Å². The Bertz CT molecular complexity index is 790. The highest BCUT2D eigenvalue weighted by Gasteiger charge is 2.33. The molecule has 1 saturated carbocycles. The number of ether oxygens (including phenoxy) is 2. The van der Waals surface area contributed by atoms with Gasteiger partial charge >= 0.3 is 5.69 Å². The molecule has 1 atom stereocenters. The molecule has 136 valence electrons. The summed E-state index contributed by atoms with van der Waals surface area (Å²) in [6.45, 7) is -0.288. The van der Waals surface area contributed by atoms with Gasteiger partial charge in [-0.05, 0) is 36.5 Å². The molecule has 7 nitrogen and oxygen atoms in total. The highest BCUT2D eigenvalue weighted by atomic mass is 16.6. The molecule has 0 aromatic heterocycles. The molecule has 2 aromatic rings. The molecule has 3 rings (SSSR count). The van der Waals surface area contributed by atoms with Gasteiger partial charge in [0.1, 0.15) is 5.75 Å². The normalized spacial score (nSPS) is 14.3. The number of hydrogen-bond acceptors (Lipinski definition) is 5. The van der Waals surface area contributed by atoms with E-state index in [4.69, 9.17) is 9.47 Å². The van der Waals surface area contributed by atoms with E-state index in [2.05, 4.69) is 5.32 Å². The van der Waals surface area contributed by atoms with Crippen LogP contribution in [0.2, 0.25) is 0 Å². The minimum Gasteiger partial charge on any atom is -0.496 e. The van der Waals surface area contributed by atoms with Gasteiger partial charge in [0.25, 0.3) is 5.91 Å². The number of benzene rings is 2. The van der Waals surface area contributed by atoms with Crippen LogP contribution < -0.4 is 14.8 Å². The van der Waals surface area contributed by atoms with Gasteiger partial charge in [0.15, 0.2) is 12.4 Å². The van der Waals surface area contributed by atoms with E-state index in [-0.39, 0.29) is 30.0 Å². The summed E-state index contributed by atoms with van der Waals surface area (Å²) in [5.74, 6) is 0.507. The van der Waals surface area contributed by atoms with Crippen molar-refractivity contribution in [2.24, 2.45) is 5.92 Å². The number of amides is 1. The van der Waals surface area contributed by atoms with Crippen LogP contribution in [0, 0.1) is 16.0 Å². The average molecular weight is 356 g/mol. The number of nitro groups is 1. The molecular weight excluding hydrogens is 336 g/mol. The molecular formula is C19H20N2O5. The van der Waals surface area contributed by atoms with Gasteiger partial charge in [-0.1, -0.05) is 30.3 Å². The van der Waals surface area contributed by atoms with E-state index in [1.54, 1.807) is 6.07 Å². The Balaban J connectivity index is 1.64. The third-order valence-electron chi connectivity index (χ3n) is 4.29. The number of nitrogens with one attached hydrogen (secondary N) is 1. The standard InChI is InChI=1S/C19H20N2O5/c1-25-15-9-10-17(16(11-15)21(23)24)26-12-18(22)20-19(14-7-8-14)13-5-3-2-4-6-13/h2-6,9-11,14,19H,7-8,12H2,1H3,(H,20,22). The Hall–Kier alpha value is -3.09. The summed E-state index contributed by atoms with van der Waals surface area (Å²) in [6, 6.07) is 14.0. The number of nitrogens with zero attached hydrogens (tertiary/aromatic N) is 1. The monoisotopic (exact) mass is 356 g/mol. The maximum absolute atomic E-state index is 12.3. The van der Waals surface area contributed by atoms with Crippen LogP contribution in [-0.4, -0.2) is 24.5 Å². The van der Waals surface area contributed by atoms with Crippen LogP contribution in [0.25, 0.3) is 0 Å². The van der Waals surface area contributed by atoms with E-state index in [9.17, 15) is 14.9 Å². The first-order valence-electron chi connectivity index (χ1n) is 8.38. The van der Waals surface area contributed by atoms with Crippen LogP contribution in [0.4, 0.5) is 5.69 Å². The molecule has 1 aliphatic carbocycles. The molecule has 1 amide bonds. The lowest BCUT2D eigenvalue weighted by atomic mass is 10.0. The largest absolute Gasteiger partial charge is 0.496 e. The Morgan fingerprint density at radius 1 is 1.27 bits per heavy atom. The summed E-state index contributed by atoms with van der Waals surface area (Å²) < 4.78 is 10.4. The fraction of sp³-hybridized carbons (Fsp3) is 0.316. The SMILES string of the molecule is COc1ccc(OCC(=O)NC(c2ccccc2)C2CC2)c([N+](=O)[O-])c1. The number of carbonyl (C=O) groups is 1. The van der Waals surface area contributed by atoms with Crippen molar-refractivity contribution < 1.29 is 19.2 Å². The fourth-order valence-corrected chi connectivity index (χ4v) is 2.81. The zero-order valence-corrected chi connectivity index (χ0v) is 14.4. The number of carbonyl (C=O) groups excluding carboxylic acids is 1. The van der Waals surface area contributed by atoms with Crippen LogP contribution in [0.15, 0.2) is 48.5 Å². The highest BCUT2D eigenvalue weighted by molar-refractivity contribution is 5.78. The predicted molar refractivity (Wildman–Crippen MR) is 95.2 cm³/mol. The van der Waals surface area contributed by atoms with E-state index in [1.807, 2.05) is 30.3 Å².